The van der Waals surface area contributed by atoms with Gasteiger partial charge in [0.15, 0.2) is 0 Å². The van der Waals surface area contributed by atoms with Crippen LogP contribution in [0.1, 0.15) is 11.1 Å². The average Bonchev–Trinajstić information content (AvgIpc) is 2.96. The first-order valence-electron chi connectivity index (χ1n) is 7.04. The van der Waals surface area contributed by atoms with Crippen LogP contribution >= 0.6 is 0 Å². The quantitative estimate of drug-likeness (QED) is 0.624. The Morgan fingerprint density at radius 3 is 2.24 bits per heavy atom. The molecule has 0 radical (unpaired) electrons. The van der Waals surface area contributed by atoms with Crippen molar-refractivity contribution in [2.24, 2.45) is 0 Å². The van der Waals surface area contributed by atoms with Crippen LogP contribution in [0.15, 0.2) is 42.5 Å². The maximum atomic E-state index is 13.0. The Hall–Kier alpha value is -2.71. The van der Waals surface area contributed by atoms with Crippen LogP contribution in [0.2, 0.25) is 0 Å². The summed E-state index contributed by atoms with van der Waals surface area (Å²) >= 11 is 0. The van der Waals surface area contributed by atoms with E-state index in [4.69, 9.17) is 0 Å². The highest BCUT2D eigenvalue weighted by atomic mass is 19.4. The first-order chi connectivity index (χ1) is 11.6. The van der Waals surface area contributed by atoms with Gasteiger partial charge >= 0.3 is 12.4 Å². The van der Waals surface area contributed by atoms with Crippen LogP contribution in [0.3, 0.4) is 0 Å². The molecule has 3 aromatic rings. The number of nitrogens with zero attached hydrogens (tertiary/aromatic N) is 2. The third kappa shape index (κ3) is 3.26. The molecule has 9 heteroatoms. The minimum atomic E-state index is -4.57. The summed E-state index contributed by atoms with van der Waals surface area (Å²) in [6, 6.07) is 7.97. The highest BCUT2D eigenvalue weighted by molar-refractivity contribution is 5.82. The SMILES string of the molecule is CN(c1cccc(C(F)(F)F)c1)c1nc2cccc(C(F)(F)F)c2[nH]1. The monoisotopic (exact) mass is 359 g/mol. The molecule has 1 aromatic heterocycles. The number of benzene rings is 2. The number of hydrogen-bond acceptors (Lipinski definition) is 2. The van der Waals surface area contributed by atoms with E-state index in [1.54, 1.807) is 0 Å². The minimum absolute atomic E-state index is 0.00558. The average molecular weight is 359 g/mol. The molecule has 3 rings (SSSR count). The Labute approximate surface area is 137 Å². The van der Waals surface area contributed by atoms with Crippen molar-refractivity contribution in [1.82, 2.24) is 9.97 Å². The Kier molecular flexibility index (Phi) is 3.89. The van der Waals surface area contributed by atoms with Crippen LogP contribution in [-0.2, 0) is 12.4 Å². The molecule has 0 saturated heterocycles. The highest BCUT2D eigenvalue weighted by Crippen LogP contribution is 2.36. The zero-order valence-corrected chi connectivity index (χ0v) is 12.7. The maximum Gasteiger partial charge on any atom is 0.418 e. The summed E-state index contributed by atoms with van der Waals surface area (Å²) in [5.74, 6) is 0.00558. The molecule has 0 bridgehead atoms. The lowest BCUT2D eigenvalue weighted by Gasteiger charge is -2.17. The first-order valence-corrected chi connectivity index (χ1v) is 7.04. The third-order valence-corrected chi connectivity index (χ3v) is 3.69. The molecule has 1 N–H and O–H groups in total. The van der Waals surface area contributed by atoms with E-state index in [2.05, 4.69) is 9.97 Å². The lowest BCUT2D eigenvalue weighted by Crippen LogP contribution is -2.13. The van der Waals surface area contributed by atoms with Crippen molar-refractivity contribution in [2.45, 2.75) is 12.4 Å². The minimum Gasteiger partial charge on any atom is -0.323 e. The molecule has 0 aliphatic carbocycles. The molecule has 0 unspecified atom stereocenters. The van der Waals surface area contributed by atoms with Gasteiger partial charge in [-0.05, 0) is 30.3 Å². The van der Waals surface area contributed by atoms with Gasteiger partial charge in [-0.15, -0.1) is 0 Å². The normalized spacial score (nSPS) is 12.6. The summed E-state index contributed by atoms with van der Waals surface area (Å²) in [6.07, 6.45) is -9.09. The van der Waals surface area contributed by atoms with Gasteiger partial charge in [0, 0.05) is 12.7 Å². The Balaban J connectivity index is 2.05. The predicted molar refractivity (Wildman–Crippen MR) is 80.6 cm³/mol. The van der Waals surface area contributed by atoms with E-state index in [1.165, 1.54) is 36.2 Å². The summed E-state index contributed by atoms with van der Waals surface area (Å²) in [7, 11) is 1.42. The molecule has 1 heterocycles. The van der Waals surface area contributed by atoms with E-state index < -0.39 is 23.5 Å². The number of anilines is 2. The Morgan fingerprint density at radius 2 is 1.60 bits per heavy atom. The van der Waals surface area contributed by atoms with Crippen molar-refractivity contribution in [2.75, 3.05) is 11.9 Å². The number of aromatic amines is 1. The molecule has 0 amide bonds. The van der Waals surface area contributed by atoms with E-state index >= 15 is 0 Å². The van der Waals surface area contributed by atoms with E-state index in [0.717, 1.165) is 18.2 Å². The van der Waals surface area contributed by atoms with Gasteiger partial charge < -0.3 is 9.88 Å². The van der Waals surface area contributed by atoms with Gasteiger partial charge in [0.1, 0.15) is 0 Å². The zero-order chi connectivity index (χ0) is 18.4. The van der Waals surface area contributed by atoms with Gasteiger partial charge in [-0.3, -0.25) is 0 Å². The van der Waals surface area contributed by atoms with Crippen molar-refractivity contribution in [3.8, 4) is 0 Å². The number of imidazole rings is 1. The van der Waals surface area contributed by atoms with Crippen LogP contribution in [0, 0.1) is 0 Å². The largest absolute Gasteiger partial charge is 0.418 e. The number of alkyl halides is 6. The topological polar surface area (TPSA) is 31.9 Å². The molecule has 2 aromatic carbocycles. The smallest absolute Gasteiger partial charge is 0.323 e. The van der Waals surface area contributed by atoms with E-state index in [9.17, 15) is 26.3 Å². The molecular formula is C16H11F6N3. The van der Waals surface area contributed by atoms with E-state index in [0.29, 0.717) is 0 Å². The molecule has 0 aliphatic rings. The molecule has 132 valence electrons. The number of aromatic nitrogens is 2. The second kappa shape index (κ2) is 5.68. The van der Waals surface area contributed by atoms with E-state index in [-0.39, 0.29) is 22.7 Å². The number of hydrogen-bond donors (Lipinski definition) is 1. The van der Waals surface area contributed by atoms with Crippen LogP contribution in [0.4, 0.5) is 38.0 Å². The van der Waals surface area contributed by atoms with Crippen LogP contribution in [-0.4, -0.2) is 17.0 Å². The number of fused-ring (bicyclic) bond motifs is 1. The fraction of sp³-hybridized carbons (Fsp3) is 0.188. The summed E-state index contributed by atoms with van der Waals surface area (Å²) in [5, 5.41) is 0. The number of nitrogens with one attached hydrogen (secondary N) is 1. The van der Waals surface area contributed by atoms with Crippen molar-refractivity contribution in [3.05, 3.63) is 53.6 Å². The second-order valence-electron chi connectivity index (χ2n) is 5.36. The summed E-state index contributed by atoms with van der Waals surface area (Å²) < 4.78 is 77.6. The third-order valence-electron chi connectivity index (χ3n) is 3.69. The van der Waals surface area contributed by atoms with Crippen LogP contribution in [0.5, 0.6) is 0 Å². The summed E-state index contributed by atoms with van der Waals surface area (Å²) in [5.41, 5.74) is -1.75. The van der Waals surface area contributed by atoms with Crippen molar-refractivity contribution >= 4 is 22.7 Å². The Morgan fingerprint density at radius 1 is 0.920 bits per heavy atom. The van der Waals surface area contributed by atoms with Crippen LogP contribution < -0.4 is 4.90 Å². The number of rotatable bonds is 2. The number of halogens is 6. The molecule has 25 heavy (non-hydrogen) atoms. The standard InChI is InChI=1S/C16H11F6N3/c1-25(10-5-2-4-9(8-10)15(17,18)19)14-23-12-7-3-6-11(13(12)24-14)16(20,21)22/h2-8H,1H3,(H,23,24). The van der Waals surface area contributed by atoms with Crippen molar-refractivity contribution in [3.63, 3.8) is 0 Å². The van der Waals surface area contributed by atoms with Crippen molar-refractivity contribution in [1.29, 1.82) is 0 Å². The lowest BCUT2D eigenvalue weighted by atomic mass is 10.2. The fourth-order valence-corrected chi connectivity index (χ4v) is 2.43. The predicted octanol–water partition coefficient (Wildman–Crippen LogP) is 5.37. The molecule has 0 saturated carbocycles. The summed E-state index contributed by atoms with van der Waals surface area (Å²) in [4.78, 5) is 7.84. The molecule has 0 fully saturated rings. The van der Waals surface area contributed by atoms with Gasteiger partial charge in [-0.2, -0.15) is 26.3 Å². The molecule has 0 spiro atoms. The summed E-state index contributed by atoms with van der Waals surface area (Å²) in [6.45, 7) is 0. The van der Waals surface area contributed by atoms with Crippen LogP contribution in [0.25, 0.3) is 11.0 Å². The number of H-pyrrole nitrogens is 1. The molecule has 3 nitrogen and oxygen atoms in total. The van der Waals surface area contributed by atoms with Gasteiger partial charge in [0.25, 0.3) is 0 Å². The molecule has 0 aliphatic heterocycles. The molecular weight excluding hydrogens is 348 g/mol. The van der Waals surface area contributed by atoms with E-state index in [1.807, 2.05) is 0 Å². The first kappa shape index (κ1) is 17.1. The van der Waals surface area contributed by atoms with Gasteiger partial charge in [-0.25, -0.2) is 4.98 Å². The second-order valence-corrected chi connectivity index (χ2v) is 5.36. The fourth-order valence-electron chi connectivity index (χ4n) is 2.43. The number of para-hydroxylation sites is 1. The Bertz CT molecular complexity index is 910. The van der Waals surface area contributed by atoms with Gasteiger partial charge in [0.05, 0.1) is 22.2 Å². The lowest BCUT2D eigenvalue weighted by molar-refractivity contribution is -0.138. The van der Waals surface area contributed by atoms with Gasteiger partial charge in [0.2, 0.25) is 5.95 Å². The van der Waals surface area contributed by atoms with Crippen molar-refractivity contribution < 1.29 is 26.3 Å². The highest BCUT2D eigenvalue weighted by Gasteiger charge is 2.34. The zero-order valence-electron chi connectivity index (χ0n) is 12.7. The van der Waals surface area contributed by atoms with Gasteiger partial charge in [-0.1, -0.05) is 12.1 Å². The maximum absolute atomic E-state index is 13.0. The molecule has 0 atom stereocenters.